The summed E-state index contributed by atoms with van der Waals surface area (Å²) in [5.74, 6) is 0. The van der Waals surface area contributed by atoms with Crippen LogP contribution in [0.5, 0.6) is 0 Å². The van der Waals surface area contributed by atoms with Gasteiger partial charge in [-0.2, -0.15) is 4.90 Å². The van der Waals surface area contributed by atoms with Crippen LogP contribution >= 0.6 is 11.8 Å². The van der Waals surface area contributed by atoms with E-state index in [1.807, 2.05) is 0 Å². The van der Waals surface area contributed by atoms with E-state index in [4.69, 9.17) is 14.9 Å². The first-order valence-electron chi connectivity index (χ1n) is 5.76. The van der Waals surface area contributed by atoms with E-state index >= 15 is 0 Å². The zero-order valence-electron chi connectivity index (χ0n) is 12.5. The van der Waals surface area contributed by atoms with Gasteiger partial charge in [-0.1, -0.05) is 11.8 Å². The molecule has 0 aliphatic heterocycles. The quantitative estimate of drug-likeness (QED) is 0.546. The standard InChI is InChI=1S/C12H22N2O4S/c1-11(2,3)17-9(15)14(8(13)19-7)10(16)18-12(4,5)6/h13H,1-7H3. The third-order valence-corrected chi connectivity index (χ3v) is 2.12. The van der Waals surface area contributed by atoms with Gasteiger partial charge in [0.05, 0.1) is 0 Å². The van der Waals surface area contributed by atoms with Gasteiger partial charge in [-0.15, -0.1) is 0 Å². The van der Waals surface area contributed by atoms with E-state index in [0.29, 0.717) is 4.90 Å². The molecule has 0 saturated carbocycles. The van der Waals surface area contributed by atoms with E-state index in [2.05, 4.69) is 0 Å². The zero-order valence-corrected chi connectivity index (χ0v) is 13.3. The highest BCUT2D eigenvalue weighted by atomic mass is 32.2. The summed E-state index contributed by atoms with van der Waals surface area (Å²) < 4.78 is 10.2. The number of amidine groups is 1. The molecule has 0 rings (SSSR count). The molecule has 0 aliphatic rings. The molecule has 0 aromatic carbocycles. The molecule has 0 unspecified atom stereocenters. The van der Waals surface area contributed by atoms with Gasteiger partial charge in [0, 0.05) is 0 Å². The van der Waals surface area contributed by atoms with Crippen molar-refractivity contribution in [2.45, 2.75) is 52.7 Å². The van der Waals surface area contributed by atoms with E-state index in [0.717, 1.165) is 11.8 Å². The fourth-order valence-electron chi connectivity index (χ4n) is 0.947. The Hall–Kier alpha value is -1.24. The van der Waals surface area contributed by atoms with Crippen molar-refractivity contribution in [1.29, 1.82) is 5.41 Å². The Bertz CT molecular complexity index is 341. The number of ether oxygens (including phenoxy) is 2. The first-order valence-corrected chi connectivity index (χ1v) is 6.98. The second kappa shape index (κ2) is 6.27. The smallest absolute Gasteiger partial charge is 0.426 e. The van der Waals surface area contributed by atoms with Crippen LogP contribution in [0.3, 0.4) is 0 Å². The Morgan fingerprint density at radius 3 is 1.47 bits per heavy atom. The predicted octanol–water partition coefficient (Wildman–Crippen LogP) is 3.46. The Kier molecular flexibility index (Phi) is 5.86. The van der Waals surface area contributed by atoms with E-state index in [9.17, 15) is 9.59 Å². The summed E-state index contributed by atoms with van der Waals surface area (Å²) in [7, 11) is 0. The molecule has 0 atom stereocenters. The van der Waals surface area contributed by atoms with Gasteiger partial charge in [0.1, 0.15) is 11.2 Å². The molecular formula is C12H22N2O4S. The summed E-state index contributed by atoms with van der Waals surface area (Å²) in [5.41, 5.74) is -1.51. The third kappa shape index (κ3) is 7.05. The molecule has 110 valence electrons. The van der Waals surface area contributed by atoms with Crippen molar-refractivity contribution < 1.29 is 19.1 Å². The number of nitrogens with zero attached hydrogens (tertiary/aromatic N) is 1. The Labute approximate surface area is 118 Å². The normalized spacial score (nSPS) is 11.7. The maximum absolute atomic E-state index is 11.9. The molecule has 7 heteroatoms. The lowest BCUT2D eigenvalue weighted by atomic mass is 10.2. The van der Waals surface area contributed by atoms with E-state index in [-0.39, 0.29) is 5.17 Å². The lowest BCUT2D eigenvalue weighted by molar-refractivity contribution is 0.0152. The SMILES string of the molecule is CSC(=N)N(C(=O)OC(C)(C)C)C(=O)OC(C)(C)C. The molecule has 2 amide bonds. The number of amides is 2. The van der Waals surface area contributed by atoms with Crippen molar-refractivity contribution in [1.82, 2.24) is 4.90 Å². The van der Waals surface area contributed by atoms with Crippen molar-refractivity contribution in [2.75, 3.05) is 6.26 Å². The van der Waals surface area contributed by atoms with Crippen LogP contribution in [-0.4, -0.2) is 39.7 Å². The second-order valence-electron chi connectivity index (χ2n) is 5.81. The van der Waals surface area contributed by atoms with Crippen LogP contribution in [0, 0.1) is 5.41 Å². The maximum Gasteiger partial charge on any atom is 0.426 e. The van der Waals surface area contributed by atoms with Gasteiger partial charge in [0.25, 0.3) is 0 Å². The van der Waals surface area contributed by atoms with E-state index < -0.39 is 23.4 Å². The molecule has 19 heavy (non-hydrogen) atoms. The molecule has 0 aromatic heterocycles. The third-order valence-electron chi connectivity index (χ3n) is 1.55. The summed E-state index contributed by atoms with van der Waals surface area (Å²) in [6.07, 6.45) is -0.244. The van der Waals surface area contributed by atoms with Crippen LogP contribution in [0.4, 0.5) is 9.59 Å². The maximum atomic E-state index is 11.9. The number of carbonyl (C=O) groups excluding carboxylic acids is 2. The summed E-state index contributed by atoms with van der Waals surface area (Å²) in [5, 5.41) is 7.41. The van der Waals surface area contributed by atoms with Crippen LogP contribution in [0.1, 0.15) is 41.5 Å². The zero-order chi connectivity index (χ0) is 15.4. The molecular weight excluding hydrogens is 268 g/mol. The summed E-state index contributed by atoms with van der Waals surface area (Å²) in [4.78, 5) is 24.5. The number of hydrogen-bond donors (Lipinski definition) is 1. The molecule has 0 saturated heterocycles. The molecule has 0 bridgehead atoms. The predicted molar refractivity (Wildman–Crippen MR) is 75.5 cm³/mol. The molecule has 0 fully saturated rings. The van der Waals surface area contributed by atoms with E-state index in [1.54, 1.807) is 47.8 Å². The van der Waals surface area contributed by atoms with Gasteiger partial charge in [-0.05, 0) is 47.8 Å². The average molecular weight is 290 g/mol. The van der Waals surface area contributed by atoms with Crippen LogP contribution in [0.15, 0.2) is 0 Å². The number of imide groups is 1. The van der Waals surface area contributed by atoms with Crippen molar-refractivity contribution in [2.24, 2.45) is 0 Å². The number of nitrogens with one attached hydrogen (secondary N) is 1. The van der Waals surface area contributed by atoms with Crippen molar-refractivity contribution in [3.8, 4) is 0 Å². The summed E-state index contributed by atoms with van der Waals surface area (Å²) in [6, 6.07) is 0. The minimum Gasteiger partial charge on any atom is -0.443 e. The van der Waals surface area contributed by atoms with Gasteiger partial charge in [0.2, 0.25) is 0 Å². The number of rotatable bonds is 0. The molecule has 0 aromatic rings. The highest BCUT2D eigenvalue weighted by Crippen LogP contribution is 2.17. The minimum absolute atomic E-state index is 0.247. The molecule has 0 aliphatic carbocycles. The Balaban J connectivity index is 5.08. The molecule has 0 radical (unpaired) electrons. The van der Waals surface area contributed by atoms with Crippen molar-refractivity contribution in [3.63, 3.8) is 0 Å². The lowest BCUT2D eigenvalue weighted by Gasteiger charge is -2.28. The van der Waals surface area contributed by atoms with Crippen molar-refractivity contribution in [3.05, 3.63) is 0 Å². The fourth-order valence-corrected chi connectivity index (χ4v) is 1.28. The van der Waals surface area contributed by atoms with Crippen LogP contribution < -0.4 is 0 Å². The van der Waals surface area contributed by atoms with Crippen LogP contribution in [0.2, 0.25) is 0 Å². The number of hydrogen-bond acceptors (Lipinski definition) is 6. The Morgan fingerprint density at radius 2 is 1.26 bits per heavy atom. The van der Waals surface area contributed by atoms with Gasteiger partial charge in [0.15, 0.2) is 5.17 Å². The molecule has 6 nitrogen and oxygen atoms in total. The first-order chi connectivity index (χ1) is 8.37. The van der Waals surface area contributed by atoms with Crippen molar-refractivity contribution >= 4 is 29.1 Å². The number of carbonyl (C=O) groups is 2. The molecule has 0 heterocycles. The minimum atomic E-state index is -0.916. The highest BCUT2D eigenvalue weighted by Gasteiger charge is 2.33. The topological polar surface area (TPSA) is 79.7 Å². The average Bonchev–Trinajstić information content (AvgIpc) is 2.11. The monoisotopic (exact) mass is 290 g/mol. The first kappa shape index (κ1) is 17.8. The van der Waals surface area contributed by atoms with Gasteiger partial charge in [-0.3, -0.25) is 5.41 Å². The summed E-state index contributed by atoms with van der Waals surface area (Å²) in [6.45, 7) is 10.1. The summed E-state index contributed by atoms with van der Waals surface area (Å²) >= 11 is 0.949. The van der Waals surface area contributed by atoms with E-state index in [1.165, 1.54) is 0 Å². The number of thioether (sulfide) groups is 1. The lowest BCUT2D eigenvalue weighted by Crippen LogP contribution is -2.45. The second-order valence-corrected chi connectivity index (χ2v) is 6.60. The largest absolute Gasteiger partial charge is 0.443 e. The van der Waals surface area contributed by atoms with Gasteiger partial charge >= 0.3 is 12.2 Å². The molecule has 1 N–H and O–H groups in total. The Morgan fingerprint density at radius 1 is 0.947 bits per heavy atom. The van der Waals surface area contributed by atoms with Gasteiger partial charge < -0.3 is 9.47 Å². The highest BCUT2D eigenvalue weighted by molar-refractivity contribution is 8.13. The van der Waals surface area contributed by atoms with Gasteiger partial charge in [-0.25, -0.2) is 9.59 Å². The molecule has 0 spiro atoms. The van der Waals surface area contributed by atoms with Crippen LogP contribution in [0.25, 0.3) is 0 Å². The fraction of sp³-hybridized carbons (Fsp3) is 0.750. The van der Waals surface area contributed by atoms with Crippen LogP contribution in [-0.2, 0) is 9.47 Å².